The molecule has 0 bridgehead atoms. The number of methoxy groups -OCH3 is 1. The summed E-state index contributed by atoms with van der Waals surface area (Å²) < 4.78 is 7.23. The van der Waals surface area contributed by atoms with Crippen LogP contribution in [0.5, 0.6) is 5.75 Å². The van der Waals surface area contributed by atoms with Crippen LogP contribution in [0.1, 0.15) is 29.8 Å². The van der Waals surface area contributed by atoms with Crippen LogP contribution in [0.15, 0.2) is 54.6 Å². The summed E-state index contributed by atoms with van der Waals surface area (Å²) in [6.07, 6.45) is 1.53. The number of fused-ring (bicyclic) bond motifs is 1. The number of hydrogen-bond donors (Lipinski definition) is 1. The Labute approximate surface area is 204 Å². The number of carbonyl (C=O) groups excluding carboxylic acids is 1. The molecular formula is C27H30N6O2. The van der Waals surface area contributed by atoms with E-state index in [-0.39, 0.29) is 11.8 Å². The molecule has 1 fully saturated rings. The first-order valence-corrected chi connectivity index (χ1v) is 12.0. The number of aromatic nitrogens is 4. The number of hydrogen-bond acceptors (Lipinski definition) is 6. The van der Waals surface area contributed by atoms with Crippen molar-refractivity contribution in [2.45, 2.75) is 33.2 Å². The zero-order valence-corrected chi connectivity index (χ0v) is 20.4. The van der Waals surface area contributed by atoms with Gasteiger partial charge in [0, 0.05) is 25.6 Å². The van der Waals surface area contributed by atoms with Crippen molar-refractivity contribution in [2.75, 3.05) is 25.1 Å². The number of rotatable bonds is 6. The summed E-state index contributed by atoms with van der Waals surface area (Å²) in [7, 11) is 1.64. The third kappa shape index (κ3) is 4.56. The molecule has 1 amide bonds. The van der Waals surface area contributed by atoms with Crippen LogP contribution < -0.4 is 15.0 Å². The van der Waals surface area contributed by atoms with Gasteiger partial charge in [0.1, 0.15) is 11.3 Å². The summed E-state index contributed by atoms with van der Waals surface area (Å²) in [6, 6.07) is 17.9. The lowest BCUT2D eigenvalue weighted by molar-refractivity contribution is -0.125. The van der Waals surface area contributed by atoms with Crippen LogP contribution in [0.2, 0.25) is 0 Å². The van der Waals surface area contributed by atoms with Gasteiger partial charge in [-0.25, -0.2) is 4.68 Å². The summed E-state index contributed by atoms with van der Waals surface area (Å²) in [5, 5.41) is 18.0. The molecule has 8 nitrogen and oxygen atoms in total. The van der Waals surface area contributed by atoms with Crippen LogP contribution >= 0.6 is 0 Å². The fourth-order valence-corrected chi connectivity index (χ4v) is 4.81. The second kappa shape index (κ2) is 9.74. The average Bonchev–Trinajstić information content (AvgIpc) is 3.26. The number of ether oxygens (including phenoxy) is 1. The fraction of sp³-hybridized carbons (Fsp3) is 0.333. The van der Waals surface area contributed by atoms with Crippen molar-refractivity contribution in [3.05, 3.63) is 71.5 Å². The number of piperidine rings is 1. The first-order chi connectivity index (χ1) is 17.0. The van der Waals surface area contributed by atoms with Crippen molar-refractivity contribution in [3.63, 3.8) is 0 Å². The second-order valence-electron chi connectivity index (χ2n) is 9.00. The predicted molar refractivity (Wildman–Crippen MR) is 136 cm³/mol. The molecule has 1 aliphatic heterocycles. The Morgan fingerprint density at radius 3 is 2.57 bits per heavy atom. The predicted octanol–water partition coefficient (Wildman–Crippen LogP) is 3.97. The third-order valence-electron chi connectivity index (χ3n) is 6.75. The van der Waals surface area contributed by atoms with Crippen LogP contribution in [0.4, 0.5) is 5.82 Å². The lowest BCUT2D eigenvalue weighted by Gasteiger charge is -2.32. The highest BCUT2D eigenvalue weighted by molar-refractivity contribution is 5.92. The lowest BCUT2D eigenvalue weighted by Crippen LogP contribution is -2.40. The van der Waals surface area contributed by atoms with Crippen molar-refractivity contribution < 1.29 is 9.53 Å². The molecule has 2 aromatic heterocycles. The van der Waals surface area contributed by atoms with Crippen molar-refractivity contribution in [1.29, 1.82) is 0 Å². The highest BCUT2D eigenvalue weighted by Gasteiger charge is 2.28. The quantitative estimate of drug-likeness (QED) is 0.459. The number of carbonyl (C=O) groups is 1. The molecule has 0 aliphatic carbocycles. The maximum absolute atomic E-state index is 12.8. The number of amides is 1. The lowest BCUT2D eigenvalue weighted by atomic mass is 9.95. The van der Waals surface area contributed by atoms with Gasteiger partial charge in [0.25, 0.3) is 0 Å². The van der Waals surface area contributed by atoms with Gasteiger partial charge < -0.3 is 15.0 Å². The molecule has 3 heterocycles. The van der Waals surface area contributed by atoms with Gasteiger partial charge in [-0.2, -0.15) is 10.2 Å². The molecule has 0 unspecified atom stereocenters. The first-order valence-electron chi connectivity index (χ1n) is 12.0. The topological polar surface area (TPSA) is 85.2 Å². The Kier molecular flexibility index (Phi) is 6.35. The molecule has 1 saturated heterocycles. The summed E-state index contributed by atoms with van der Waals surface area (Å²) >= 11 is 0. The van der Waals surface area contributed by atoms with Gasteiger partial charge in [-0.15, -0.1) is 5.10 Å². The first kappa shape index (κ1) is 22.8. The van der Waals surface area contributed by atoms with Crippen LogP contribution in [-0.2, 0) is 11.3 Å². The van der Waals surface area contributed by atoms with Gasteiger partial charge in [0.05, 0.1) is 29.6 Å². The van der Waals surface area contributed by atoms with E-state index in [9.17, 15) is 4.79 Å². The molecule has 2 aromatic carbocycles. The maximum Gasteiger partial charge on any atom is 0.223 e. The zero-order chi connectivity index (χ0) is 24.4. The van der Waals surface area contributed by atoms with Gasteiger partial charge in [0.15, 0.2) is 5.82 Å². The Morgan fingerprint density at radius 1 is 1.06 bits per heavy atom. The second-order valence-corrected chi connectivity index (χ2v) is 9.00. The number of nitrogens with zero attached hydrogens (tertiary/aromatic N) is 5. The van der Waals surface area contributed by atoms with Crippen LogP contribution in [0, 0.1) is 19.8 Å². The number of benzene rings is 2. The molecule has 0 saturated carbocycles. The standard InChI is InChI=1S/C27H30N6O2/c1-18-24-19(2)33(22-9-5-4-6-10-22)31-25(24)26(30-29-18)32-14-12-21(13-15-32)27(34)28-17-20-8-7-11-23(16-20)35-3/h4-11,16,21H,12-15,17H2,1-3H3,(H,28,34). The van der Waals surface area contributed by atoms with E-state index in [1.54, 1.807) is 7.11 Å². The Morgan fingerprint density at radius 2 is 1.83 bits per heavy atom. The molecular weight excluding hydrogens is 440 g/mol. The minimum atomic E-state index is -0.0191. The van der Waals surface area contributed by atoms with E-state index >= 15 is 0 Å². The molecule has 4 aromatic rings. The summed E-state index contributed by atoms with van der Waals surface area (Å²) in [5.74, 6) is 1.66. The van der Waals surface area contributed by atoms with E-state index in [4.69, 9.17) is 9.84 Å². The van der Waals surface area contributed by atoms with E-state index in [2.05, 4.69) is 27.3 Å². The SMILES string of the molecule is COc1cccc(CNC(=O)C2CCN(c3nnc(C)c4c(C)n(-c5ccccc5)nc34)CC2)c1. The zero-order valence-electron chi connectivity index (χ0n) is 20.4. The smallest absolute Gasteiger partial charge is 0.223 e. The van der Waals surface area contributed by atoms with E-state index < -0.39 is 0 Å². The van der Waals surface area contributed by atoms with Crippen LogP contribution in [-0.4, -0.2) is 46.1 Å². The van der Waals surface area contributed by atoms with Crippen LogP contribution in [0.3, 0.4) is 0 Å². The van der Waals surface area contributed by atoms with Crippen molar-refractivity contribution >= 4 is 22.6 Å². The summed E-state index contributed by atoms with van der Waals surface area (Å²) in [4.78, 5) is 15.0. The monoisotopic (exact) mass is 470 g/mol. The molecule has 5 rings (SSSR count). The number of aryl methyl sites for hydroxylation is 2. The van der Waals surface area contributed by atoms with E-state index in [1.165, 1.54) is 0 Å². The minimum absolute atomic E-state index is 0.0191. The largest absolute Gasteiger partial charge is 0.497 e. The van der Waals surface area contributed by atoms with Gasteiger partial charge >= 0.3 is 0 Å². The maximum atomic E-state index is 12.8. The van der Waals surface area contributed by atoms with Crippen molar-refractivity contribution in [2.24, 2.45) is 5.92 Å². The van der Waals surface area contributed by atoms with E-state index in [0.29, 0.717) is 6.54 Å². The van der Waals surface area contributed by atoms with Gasteiger partial charge in [-0.3, -0.25) is 4.79 Å². The number of para-hydroxylation sites is 1. The van der Waals surface area contributed by atoms with Gasteiger partial charge in [0.2, 0.25) is 5.91 Å². The molecule has 35 heavy (non-hydrogen) atoms. The fourth-order valence-electron chi connectivity index (χ4n) is 4.81. The van der Waals surface area contributed by atoms with Crippen molar-refractivity contribution in [1.82, 2.24) is 25.3 Å². The van der Waals surface area contributed by atoms with Crippen molar-refractivity contribution in [3.8, 4) is 11.4 Å². The molecule has 180 valence electrons. The number of nitrogens with one attached hydrogen (secondary N) is 1. The highest BCUT2D eigenvalue weighted by Crippen LogP contribution is 2.31. The minimum Gasteiger partial charge on any atom is -0.497 e. The summed E-state index contributed by atoms with van der Waals surface area (Å²) in [5.41, 5.74) is 4.82. The molecule has 1 N–H and O–H groups in total. The summed E-state index contributed by atoms with van der Waals surface area (Å²) in [6.45, 7) is 6.01. The Bertz CT molecular complexity index is 1340. The molecule has 8 heteroatoms. The van der Waals surface area contributed by atoms with Crippen LogP contribution in [0.25, 0.3) is 16.6 Å². The van der Waals surface area contributed by atoms with E-state index in [0.717, 1.165) is 71.0 Å². The third-order valence-corrected chi connectivity index (χ3v) is 6.75. The van der Waals surface area contributed by atoms with Gasteiger partial charge in [-0.1, -0.05) is 30.3 Å². The van der Waals surface area contributed by atoms with E-state index in [1.807, 2.05) is 66.2 Å². The number of anilines is 1. The molecule has 0 radical (unpaired) electrons. The normalized spacial score (nSPS) is 14.3. The Hall–Kier alpha value is -3.94. The van der Waals surface area contributed by atoms with Gasteiger partial charge in [-0.05, 0) is 56.5 Å². The average molecular weight is 471 g/mol. The molecule has 0 atom stereocenters. The Balaban J connectivity index is 1.29. The molecule has 1 aliphatic rings. The molecule has 0 spiro atoms. The highest BCUT2D eigenvalue weighted by atomic mass is 16.5.